The van der Waals surface area contributed by atoms with Crippen LogP contribution in [-0.2, 0) is 0 Å². The van der Waals surface area contributed by atoms with Crippen molar-refractivity contribution in [3.8, 4) is 40.0 Å². The van der Waals surface area contributed by atoms with Gasteiger partial charge in [0.15, 0.2) is 17.1 Å². The number of fused-ring (bicyclic) bond motifs is 1. The largest absolute Gasteiger partial charge is 0.490 e. The molecule has 0 radical (unpaired) electrons. The highest BCUT2D eigenvalue weighted by atomic mass is 19.1. The lowest BCUT2D eigenvalue weighted by atomic mass is 10.2. The predicted molar refractivity (Wildman–Crippen MR) is 159 cm³/mol. The third kappa shape index (κ3) is 5.94. The van der Waals surface area contributed by atoms with Crippen molar-refractivity contribution in [1.29, 1.82) is 0 Å². The average molecular weight is 578 g/mol. The van der Waals surface area contributed by atoms with Crippen molar-refractivity contribution in [2.24, 2.45) is 0 Å². The molecule has 0 aliphatic carbocycles. The number of anilines is 1. The molecule has 0 saturated carbocycles. The molecular formula is C33H24FN3O6. The summed E-state index contributed by atoms with van der Waals surface area (Å²) >= 11 is 0. The second-order valence-electron chi connectivity index (χ2n) is 9.23. The standard InChI is InChI=1S/C33H24FN3O6/c1-2-40-27-17-19-37(24-12-8-22(34)9-13-24)32(38)31(27)43-33(39)36-23-10-14-25(15-11-23)41-28-16-18-35-26-20-29(42-30(26)28)21-6-4-3-5-7-21/h3-20H,2H2,1H3,(H,36,39). The van der Waals surface area contributed by atoms with Crippen molar-refractivity contribution in [3.05, 3.63) is 126 Å². The Morgan fingerprint density at radius 2 is 1.72 bits per heavy atom. The molecule has 6 aromatic rings. The molecule has 0 aliphatic rings. The zero-order chi connectivity index (χ0) is 29.8. The van der Waals surface area contributed by atoms with Crippen LogP contribution in [0.1, 0.15) is 6.92 Å². The van der Waals surface area contributed by atoms with Gasteiger partial charge in [0.25, 0.3) is 0 Å². The molecule has 3 heterocycles. The molecule has 0 bridgehead atoms. The molecule has 3 aromatic heterocycles. The third-order valence-electron chi connectivity index (χ3n) is 6.37. The van der Waals surface area contributed by atoms with Gasteiger partial charge in [-0.2, -0.15) is 0 Å². The zero-order valence-corrected chi connectivity index (χ0v) is 22.8. The minimum atomic E-state index is -0.900. The summed E-state index contributed by atoms with van der Waals surface area (Å²) in [5.41, 5.74) is 2.23. The Bertz CT molecular complexity index is 1950. The fourth-order valence-electron chi connectivity index (χ4n) is 4.38. The van der Waals surface area contributed by atoms with Gasteiger partial charge in [-0.1, -0.05) is 30.3 Å². The van der Waals surface area contributed by atoms with E-state index in [4.69, 9.17) is 18.6 Å². The summed E-state index contributed by atoms with van der Waals surface area (Å²) in [7, 11) is 0. The Hall–Kier alpha value is -5.90. The quantitative estimate of drug-likeness (QED) is 0.199. The van der Waals surface area contributed by atoms with Gasteiger partial charge in [0.1, 0.15) is 22.8 Å². The van der Waals surface area contributed by atoms with E-state index >= 15 is 0 Å². The van der Waals surface area contributed by atoms with Crippen LogP contribution < -0.4 is 25.1 Å². The number of carbonyl (C=O) groups is 1. The number of ether oxygens (including phenoxy) is 3. The molecule has 9 nitrogen and oxygen atoms in total. The van der Waals surface area contributed by atoms with Crippen LogP contribution in [0.3, 0.4) is 0 Å². The van der Waals surface area contributed by atoms with E-state index < -0.39 is 17.5 Å². The normalized spacial score (nSPS) is 10.8. The van der Waals surface area contributed by atoms with Gasteiger partial charge in [-0.3, -0.25) is 19.7 Å². The Kier molecular flexibility index (Phi) is 7.56. The maximum atomic E-state index is 13.4. The van der Waals surface area contributed by atoms with Crippen LogP contribution in [0, 0.1) is 5.82 Å². The second kappa shape index (κ2) is 11.9. The van der Waals surface area contributed by atoms with Crippen molar-refractivity contribution < 1.29 is 27.8 Å². The molecule has 0 saturated heterocycles. The molecule has 1 amide bonds. The molecule has 6 rings (SSSR count). The highest BCUT2D eigenvalue weighted by Gasteiger charge is 2.18. The molecule has 0 atom stereocenters. The number of furan rings is 1. The molecule has 0 fully saturated rings. The van der Waals surface area contributed by atoms with E-state index in [-0.39, 0.29) is 18.1 Å². The van der Waals surface area contributed by atoms with E-state index in [0.717, 1.165) is 5.56 Å². The number of aromatic nitrogens is 2. The maximum absolute atomic E-state index is 13.4. The smallest absolute Gasteiger partial charge is 0.417 e. The van der Waals surface area contributed by atoms with Gasteiger partial charge in [0.05, 0.1) is 6.61 Å². The topological polar surface area (TPSA) is 105 Å². The van der Waals surface area contributed by atoms with E-state index in [1.54, 1.807) is 43.5 Å². The minimum absolute atomic E-state index is 0.0989. The number of pyridine rings is 2. The summed E-state index contributed by atoms with van der Waals surface area (Å²) < 4.78 is 37.6. The first kappa shape index (κ1) is 27.3. The third-order valence-corrected chi connectivity index (χ3v) is 6.37. The number of hydrogen-bond acceptors (Lipinski definition) is 7. The number of hydrogen-bond donors (Lipinski definition) is 1. The van der Waals surface area contributed by atoms with Gasteiger partial charge in [-0.25, -0.2) is 9.18 Å². The zero-order valence-electron chi connectivity index (χ0n) is 22.8. The Morgan fingerprint density at radius 1 is 0.953 bits per heavy atom. The van der Waals surface area contributed by atoms with Gasteiger partial charge in [-0.15, -0.1) is 0 Å². The number of benzene rings is 3. The summed E-state index contributed by atoms with van der Waals surface area (Å²) in [6, 6.07) is 26.7. The Balaban J connectivity index is 1.17. The van der Waals surface area contributed by atoms with Crippen LogP contribution in [0.4, 0.5) is 14.9 Å². The summed E-state index contributed by atoms with van der Waals surface area (Å²) in [5, 5.41) is 2.60. The first-order valence-corrected chi connectivity index (χ1v) is 13.3. The summed E-state index contributed by atoms with van der Waals surface area (Å²) in [4.78, 5) is 30.4. The Morgan fingerprint density at radius 3 is 2.47 bits per heavy atom. The highest BCUT2D eigenvalue weighted by molar-refractivity contribution is 5.87. The van der Waals surface area contributed by atoms with Crippen molar-refractivity contribution in [3.63, 3.8) is 0 Å². The van der Waals surface area contributed by atoms with E-state index in [0.29, 0.717) is 39.7 Å². The predicted octanol–water partition coefficient (Wildman–Crippen LogP) is 7.59. The number of nitrogens with one attached hydrogen (secondary N) is 1. The number of amides is 1. The summed E-state index contributed by atoms with van der Waals surface area (Å²) in [6.07, 6.45) is 2.20. The average Bonchev–Trinajstić information content (AvgIpc) is 3.47. The van der Waals surface area contributed by atoms with Crippen LogP contribution in [0.2, 0.25) is 0 Å². The molecule has 43 heavy (non-hydrogen) atoms. The summed E-state index contributed by atoms with van der Waals surface area (Å²) in [6.45, 7) is 1.98. The number of nitrogens with zero attached hydrogens (tertiary/aromatic N) is 2. The number of rotatable bonds is 8. The van der Waals surface area contributed by atoms with Crippen LogP contribution in [-0.4, -0.2) is 22.3 Å². The first-order chi connectivity index (χ1) is 21.0. The van der Waals surface area contributed by atoms with E-state index in [1.165, 1.54) is 41.1 Å². The number of carbonyl (C=O) groups excluding carboxylic acids is 1. The fraction of sp³-hybridized carbons (Fsp3) is 0.0606. The highest BCUT2D eigenvalue weighted by Crippen LogP contribution is 2.34. The lowest BCUT2D eigenvalue weighted by molar-refractivity contribution is 0.210. The Labute approximate surface area is 244 Å². The lowest BCUT2D eigenvalue weighted by Crippen LogP contribution is -2.25. The molecule has 0 aliphatic heterocycles. The van der Waals surface area contributed by atoms with Crippen LogP contribution in [0.15, 0.2) is 119 Å². The van der Waals surface area contributed by atoms with Crippen molar-refractivity contribution in [2.45, 2.75) is 6.92 Å². The van der Waals surface area contributed by atoms with Gasteiger partial charge < -0.3 is 18.6 Å². The van der Waals surface area contributed by atoms with Crippen molar-refractivity contribution in [2.75, 3.05) is 11.9 Å². The molecule has 214 valence electrons. The minimum Gasteiger partial charge on any atom is -0.490 e. The molecule has 0 spiro atoms. The molecule has 10 heteroatoms. The molecule has 3 aromatic carbocycles. The van der Waals surface area contributed by atoms with Crippen molar-refractivity contribution >= 4 is 22.9 Å². The molecule has 0 unspecified atom stereocenters. The van der Waals surface area contributed by atoms with Gasteiger partial charge in [0, 0.05) is 47.5 Å². The monoisotopic (exact) mass is 577 g/mol. The molecule has 1 N–H and O–H groups in total. The van der Waals surface area contributed by atoms with Crippen LogP contribution in [0.5, 0.6) is 23.0 Å². The van der Waals surface area contributed by atoms with Gasteiger partial charge in [0.2, 0.25) is 5.75 Å². The van der Waals surface area contributed by atoms with Gasteiger partial charge >= 0.3 is 11.7 Å². The lowest BCUT2D eigenvalue weighted by Gasteiger charge is -2.14. The number of halogens is 1. The molecular weight excluding hydrogens is 553 g/mol. The first-order valence-electron chi connectivity index (χ1n) is 13.3. The SMILES string of the molecule is CCOc1ccn(-c2ccc(F)cc2)c(=O)c1OC(=O)Nc1ccc(Oc2ccnc3cc(-c4ccccc4)oc23)cc1. The van der Waals surface area contributed by atoms with Crippen LogP contribution in [0.25, 0.3) is 28.1 Å². The van der Waals surface area contributed by atoms with Gasteiger partial charge in [-0.05, 0) is 55.5 Å². The summed E-state index contributed by atoms with van der Waals surface area (Å²) in [5.74, 6) is 1.00. The fourth-order valence-corrected chi connectivity index (χ4v) is 4.38. The van der Waals surface area contributed by atoms with Crippen LogP contribution >= 0.6 is 0 Å². The van der Waals surface area contributed by atoms with E-state index in [1.807, 2.05) is 36.4 Å². The van der Waals surface area contributed by atoms with E-state index in [9.17, 15) is 14.0 Å². The second-order valence-corrected chi connectivity index (χ2v) is 9.23. The van der Waals surface area contributed by atoms with Crippen molar-refractivity contribution in [1.82, 2.24) is 9.55 Å². The maximum Gasteiger partial charge on any atom is 0.417 e. The van der Waals surface area contributed by atoms with E-state index in [2.05, 4.69) is 10.3 Å².